The summed E-state index contributed by atoms with van der Waals surface area (Å²) < 4.78 is 13.3. The van der Waals surface area contributed by atoms with E-state index in [2.05, 4.69) is 12.2 Å². The second kappa shape index (κ2) is 5.33. The fourth-order valence-electron chi connectivity index (χ4n) is 2.69. The van der Waals surface area contributed by atoms with Gasteiger partial charge in [-0.3, -0.25) is 10.1 Å². The zero-order valence-electron chi connectivity index (χ0n) is 10.4. The summed E-state index contributed by atoms with van der Waals surface area (Å²) >= 11 is 0. The van der Waals surface area contributed by atoms with Crippen LogP contribution in [0.1, 0.15) is 32.6 Å². The van der Waals surface area contributed by atoms with Crippen LogP contribution in [0.5, 0.6) is 0 Å². The topological polar surface area (TPSA) is 55.2 Å². The molecule has 1 aromatic rings. The number of nitrogens with zero attached hydrogens (tertiary/aromatic N) is 1. The van der Waals surface area contributed by atoms with Crippen LogP contribution < -0.4 is 5.32 Å². The van der Waals surface area contributed by atoms with Gasteiger partial charge in [0.25, 0.3) is 5.69 Å². The molecule has 0 aliphatic heterocycles. The Hall–Kier alpha value is -1.65. The lowest BCUT2D eigenvalue weighted by molar-refractivity contribution is -0.385. The number of nitro benzene ring substituents is 1. The normalized spacial score (nSPS) is 23.0. The first-order valence-electron chi connectivity index (χ1n) is 6.31. The van der Waals surface area contributed by atoms with E-state index in [1.54, 1.807) is 0 Å². The van der Waals surface area contributed by atoms with Crippen LogP contribution >= 0.6 is 0 Å². The van der Waals surface area contributed by atoms with Crippen molar-refractivity contribution in [2.45, 2.75) is 38.6 Å². The molecule has 1 fully saturated rings. The van der Waals surface area contributed by atoms with Crippen LogP contribution in [0, 0.1) is 21.8 Å². The van der Waals surface area contributed by atoms with Crippen molar-refractivity contribution in [2.24, 2.45) is 5.92 Å². The first kappa shape index (κ1) is 12.8. The Morgan fingerprint density at radius 1 is 1.44 bits per heavy atom. The summed E-state index contributed by atoms with van der Waals surface area (Å²) in [5, 5.41) is 13.9. The highest BCUT2D eigenvalue weighted by Gasteiger charge is 2.26. The first-order chi connectivity index (χ1) is 8.60. The van der Waals surface area contributed by atoms with Crippen molar-refractivity contribution in [3.63, 3.8) is 0 Å². The molecule has 0 aromatic heterocycles. The quantitative estimate of drug-likeness (QED) is 0.656. The van der Waals surface area contributed by atoms with Gasteiger partial charge in [-0.2, -0.15) is 0 Å². The lowest BCUT2D eigenvalue weighted by atomic mass is 10.0. The second-order valence-electron chi connectivity index (χ2n) is 4.81. The second-order valence-corrected chi connectivity index (χ2v) is 4.81. The molecule has 5 heteroatoms. The molecular formula is C13H17FN2O2. The maximum absolute atomic E-state index is 13.3. The number of non-ortho nitro benzene ring substituents is 1. The summed E-state index contributed by atoms with van der Waals surface area (Å²) in [6, 6.07) is 3.96. The Morgan fingerprint density at radius 2 is 2.22 bits per heavy atom. The smallest absolute Gasteiger partial charge is 0.274 e. The number of anilines is 1. The van der Waals surface area contributed by atoms with Crippen molar-refractivity contribution >= 4 is 11.4 Å². The van der Waals surface area contributed by atoms with Crippen molar-refractivity contribution in [3.8, 4) is 0 Å². The minimum Gasteiger partial charge on any atom is -0.382 e. The summed E-state index contributed by atoms with van der Waals surface area (Å²) in [6.45, 7) is 2.14. The standard InChI is InChI=1S/C13H17FN2O2/c1-2-9-4-3-5-13(9)15-11-6-10(14)7-12(8-11)16(17)18/h6-9,13,15H,2-5H2,1H3. The molecule has 0 saturated heterocycles. The molecule has 0 amide bonds. The van der Waals surface area contributed by atoms with Gasteiger partial charge in [-0.05, 0) is 24.8 Å². The third kappa shape index (κ3) is 2.78. The SMILES string of the molecule is CCC1CCCC1Nc1cc(F)cc([N+](=O)[O-])c1. The maximum atomic E-state index is 13.3. The predicted molar refractivity (Wildman–Crippen MR) is 68.1 cm³/mol. The number of nitrogens with one attached hydrogen (secondary N) is 1. The Kier molecular flexibility index (Phi) is 3.79. The highest BCUT2D eigenvalue weighted by Crippen LogP contribution is 2.31. The number of hydrogen-bond donors (Lipinski definition) is 1. The maximum Gasteiger partial charge on any atom is 0.274 e. The van der Waals surface area contributed by atoms with E-state index in [1.165, 1.54) is 18.6 Å². The molecule has 4 nitrogen and oxygen atoms in total. The molecule has 1 saturated carbocycles. The molecule has 1 N–H and O–H groups in total. The van der Waals surface area contributed by atoms with Crippen molar-refractivity contribution in [1.82, 2.24) is 0 Å². The third-order valence-electron chi connectivity index (χ3n) is 3.63. The average Bonchev–Trinajstić information content (AvgIpc) is 2.75. The van der Waals surface area contributed by atoms with Crippen molar-refractivity contribution in [2.75, 3.05) is 5.32 Å². The molecule has 0 bridgehead atoms. The average molecular weight is 252 g/mol. The van der Waals surface area contributed by atoms with Crippen LogP contribution in [-0.2, 0) is 0 Å². The van der Waals surface area contributed by atoms with Crippen LogP contribution in [0.25, 0.3) is 0 Å². The van der Waals surface area contributed by atoms with Crippen molar-refractivity contribution < 1.29 is 9.31 Å². The van der Waals surface area contributed by atoms with Gasteiger partial charge in [0.1, 0.15) is 5.82 Å². The summed E-state index contributed by atoms with van der Waals surface area (Å²) in [6.07, 6.45) is 4.46. The fraction of sp³-hybridized carbons (Fsp3) is 0.538. The highest BCUT2D eigenvalue weighted by molar-refractivity contribution is 5.52. The summed E-state index contributed by atoms with van der Waals surface area (Å²) in [4.78, 5) is 10.1. The Morgan fingerprint density at radius 3 is 2.89 bits per heavy atom. The highest BCUT2D eigenvalue weighted by atomic mass is 19.1. The van der Waals surface area contributed by atoms with E-state index < -0.39 is 10.7 Å². The molecule has 18 heavy (non-hydrogen) atoms. The van der Waals surface area contributed by atoms with E-state index in [4.69, 9.17) is 0 Å². The number of rotatable bonds is 4. The van der Waals surface area contributed by atoms with Crippen LogP contribution in [0.4, 0.5) is 15.8 Å². The molecule has 1 aliphatic rings. The van der Waals surface area contributed by atoms with Gasteiger partial charge in [-0.15, -0.1) is 0 Å². The summed E-state index contributed by atoms with van der Waals surface area (Å²) in [5.74, 6) is 0.00469. The molecule has 0 radical (unpaired) electrons. The van der Waals surface area contributed by atoms with E-state index >= 15 is 0 Å². The Labute approximate surface area is 105 Å². The monoisotopic (exact) mass is 252 g/mol. The van der Waals surface area contributed by atoms with E-state index in [0.717, 1.165) is 25.3 Å². The van der Waals surface area contributed by atoms with E-state index in [0.29, 0.717) is 17.6 Å². The first-order valence-corrected chi connectivity index (χ1v) is 6.31. The van der Waals surface area contributed by atoms with Gasteiger partial charge >= 0.3 is 0 Å². The summed E-state index contributed by atoms with van der Waals surface area (Å²) in [5.41, 5.74) is 0.301. The zero-order valence-corrected chi connectivity index (χ0v) is 10.4. The Balaban J connectivity index is 2.16. The van der Waals surface area contributed by atoms with Gasteiger partial charge in [0.2, 0.25) is 0 Å². The number of nitro groups is 1. The van der Waals surface area contributed by atoms with Crippen LogP contribution in [0.3, 0.4) is 0 Å². The lowest BCUT2D eigenvalue weighted by Gasteiger charge is -2.20. The number of hydrogen-bond acceptors (Lipinski definition) is 3. The lowest BCUT2D eigenvalue weighted by Crippen LogP contribution is -2.23. The fourth-order valence-corrected chi connectivity index (χ4v) is 2.69. The largest absolute Gasteiger partial charge is 0.382 e. The predicted octanol–water partition coefficient (Wildman–Crippen LogP) is 3.72. The number of benzene rings is 1. The number of halogens is 1. The van der Waals surface area contributed by atoms with Gasteiger partial charge in [0, 0.05) is 17.8 Å². The minimum atomic E-state index is -0.572. The molecule has 1 aliphatic carbocycles. The van der Waals surface area contributed by atoms with Gasteiger partial charge in [-0.25, -0.2) is 4.39 Å². The van der Waals surface area contributed by atoms with Crippen LogP contribution in [0.2, 0.25) is 0 Å². The third-order valence-corrected chi connectivity index (χ3v) is 3.63. The molecular weight excluding hydrogens is 235 g/mol. The minimum absolute atomic E-state index is 0.205. The van der Waals surface area contributed by atoms with Crippen LogP contribution in [-0.4, -0.2) is 11.0 Å². The molecule has 2 unspecified atom stereocenters. The molecule has 1 aromatic carbocycles. The van der Waals surface area contributed by atoms with Crippen LogP contribution in [0.15, 0.2) is 18.2 Å². The van der Waals surface area contributed by atoms with Crippen molar-refractivity contribution in [3.05, 3.63) is 34.1 Å². The van der Waals surface area contributed by atoms with E-state index in [1.807, 2.05) is 0 Å². The molecule has 0 heterocycles. The summed E-state index contributed by atoms with van der Waals surface area (Å²) in [7, 11) is 0. The Bertz CT molecular complexity index is 451. The van der Waals surface area contributed by atoms with Gasteiger partial charge < -0.3 is 5.32 Å². The van der Waals surface area contributed by atoms with Gasteiger partial charge in [-0.1, -0.05) is 19.8 Å². The molecule has 0 spiro atoms. The molecule has 2 rings (SSSR count). The van der Waals surface area contributed by atoms with E-state index in [9.17, 15) is 14.5 Å². The van der Waals surface area contributed by atoms with Gasteiger partial charge in [0.05, 0.1) is 11.0 Å². The zero-order chi connectivity index (χ0) is 13.1. The van der Waals surface area contributed by atoms with E-state index in [-0.39, 0.29) is 5.69 Å². The van der Waals surface area contributed by atoms with Gasteiger partial charge in [0.15, 0.2) is 0 Å². The molecule has 2 atom stereocenters. The molecule has 98 valence electrons. The van der Waals surface area contributed by atoms with Crippen molar-refractivity contribution in [1.29, 1.82) is 0 Å².